The van der Waals surface area contributed by atoms with Gasteiger partial charge in [-0.25, -0.2) is 5.43 Å². The van der Waals surface area contributed by atoms with Gasteiger partial charge in [0.05, 0.1) is 23.3 Å². The van der Waals surface area contributed by atoms with Crippen LogP contribution in [-0.2, 0) is 4.79 Å². The summed E-state index contributed by atoms with van der Waals surface area (Å²) in [4.78, 5) is 23.5. The first-order valence-electron chi connectivity index (χ1n) is 6.66. The molecule has 0 aliphatic rings. The first kappa shape index (κ1) is 17.0. The van der Waals surface area contributed by atoms with Gasteiger partial charge in [0.25, 0.3) is 11.8 Å². The molecule has 0 saturated carbocycles. The van der Waals surface area contributed by atoms with Crippen LogP contribution in [0, 0.1) is 0 Å². The molecule has 0 aromatic heterocycles. The highest BCUT2D eigenvalue weighted by Gasteiger charge is 2.10. The summed E-state index contributed by atoms with van der Waals surface area (Å²) in [6.45, 7) is -0.206. The van der Waals surface area contributed by atoms with Gasteiger partial charge >= 0.3 is 0 Å². The molecule has 23 heavy (non-hydrogen) atoms. The van der Waals surface area contributed by atoms with E-state index < -0.39 is 11.8 Å². The SMILES string of the molecule is O=C(CNC(=O)c1ccccc1Cl)N/N=C/c1ccc(Cl)cc1. The van der Waals surface area contributed by atoms with Crippen LogP contribution in [0.4, 0.5) is 0 Å². The molecule has 118 valence electrons. The maximum absolute atomic E-state index is 11.9. The Balaban J connectivity index is 1.80. The molecule has 2 aromatic carbocycles. The van der Waals surface area contributed by atoms with Crippen molar-refractivity contribution >= 4 is 41.2 Å². The molecule has 0 fully saturated rings. The van der Waals surface area contributed by atoms with Crippen LogP contribution in [0.1, 0.15) is 15.9 Å². The van der Waals surface area contributed by atoms with E-state index in [0.29, 0.717) is 15.6 Å². The van der Waals surface area contributed by atoms with Crippen molar-refractivity contribution in [3.05, 3.63) is 69.7 Å². The zero-order valence-electron chi connectivity index (χ0n) is 11.9. The molecule has 0 aliphatic heterocycles. The first-order valence-corrected chi connectivity index (χ1v) is 7.42. The highest BCUT2D eigenvalue weighted by molar-refractivity contribution is 6.33. The minimum absolute atomic E-state index is 0.206. The van der Waals surface area contributed by atoms with Gasteiger partial charge in [0.1, 0.15) is 0 Å². The van der Waals surface area contributed by atoms with Crippen LogP contribution >= 0.6 is 23.2 Å². The number of carbonyl (C=O) groups is 2. The summed E-state index contributed by atoms with van der Waals surface area (Å²) >= 11 is 11.7. The van der Waals surface area contributed by atoms with E-state index in [-0.39, 0.29) is 6.54 Å². The summed E-state index contributed by atoms with van der Waals surface area (Å²) < 4.78 is 0. The Hall–Kier alpha value is -2.37. The molecular formula is C16H13Cl2N3O2. The van der Waals surface area contributed by atoms with E-state index in [1.54, 1.807) is 48.5 Å². The van der Waals surface area contributed by atoms with Gasteiger partial charge in [-0.2, -0.15) is 5.10 Å². The average molecular weight is 350 g/mol. The van der Waals surface area contributed by atoms with E-state index in [2.05, 4.69) is 15.8 Å². The third-order valence-corrected chi connectivity index (χ3v) is 3.38. The molecule has 0 saturated heterocycles. The number of hydrogen-bond donors (Lipinski definition) is 2. The maximum atomic E-state index is 11.9. The lowest BCUT2D eigenvalue weighted by atomic mass is 10.2. The van der Waals surface area contributed by atoms with Crippen LogP contribution in [0.2, 0.25) is 10.0 Å². The molecule has 0 radical (unpaired) electrons. The average Bonchev–Trinajstić information content (AvgIpc) is 2.55. The summed E-state index contributed by atoms with van der Waals surface area (Å²) in [6.07, 6.45) is 1.48. The Labute approximate surface area is 143 Å². The third kappa shape index (κ3) is 5.39. The summed E-state index contributed by atoms with van der Waals surface area (Å²) in [5.74, 6) is -0.872. The molecule has 0 aliphatic carbocycles. The molecular weight excluding hydrogens is 337 g/mol. The van der Waals surface area contributed by atoms with Crippen LogP contribution in [-0.4, -0.2) is 24.6 Å². The van der Waals surface area contributed by atoms with Crippen LogP contribution in [0.3, 0.4) is 0 Å². The van der Waals surface area contributed by atoms with Gasteiger partial charge < -0.3 is 5.32 Å². The summed E-state index contributed by atoms with van der Waals surface area (Å²) in [5.41, 5.74) is 3.42. The fourth-order valence-electron chi connectivity index (χ4n) is 1.67. The number of benzene rings is 2. The van der Waals surface area contributed by atoms with Crippen LogP contribution in [0.5, 0.6) is 0 Å². The first-order chi connectivity index (χ1) is 11.1. The molecule has 0 spiro atoms. The number of hydrogen-bond acceptors (Lipinski definition) is 3. The second kappa shape index (κ2) is 8.31. The lowest BCUT2D eigenvalue weighted by molar-refractivity contribution is -0.120. The monoisotopic (exact) mass is 349 g/mol. The zero-order valence-corrected chi connectivity index (χ0v) is 13.4. The molecule has 7 heteroatoms. The van der Waals surface area contributed by atoms with Gasteiger partial charge in [-0.1, -0.05) is 47.5 Å². The Morgan fingerprint density at radius 1 is 1.04 bits per heavy atom. The van der Waals surface area contributed by atoms with Gasteiger partial charge in [-0.3, -0.25) is 9.59 Å². The third-order valence-electron chi connectivity index (χ3n) is 2.80. The molecule has 0 bridgehead atoms. The van der Waals surface area contributed by atoms with Crippen molar-refractivity contribution in [1.82, 2.24) is 10.7 Å². The fourth-order valence-corrected chi connectivity index (χ4v) is 2.02. The van der Waals surface area contributed by atoms with Gasteiger partial charge in [0.15, 0.2) is 0 Å². The largest absolute Gasteiger partial charge is 0.343 e. The lowest BCUT2D eigenvalue weighted by Gasteiger charge is -2.05. The van der Waals surface area contributed by atoms with E-state index in [1.807, 2.05) is 0 Å². The molecule has 2 amide bonds. The Morgan fingerprint density at radius 3 is 2.43 bits per heavy atom. The Bertz CT molecular complexity index is 730. The van der Waals surface area contributed by atoms with Gasteiger partial charge in [0.2, 0.25) is 0 Å². The van der Waals surface area contributed by atoms with E-state index in [9.17, 15) is 9.59 Å². The number of rotatable bonds is 5. The quantitative estimate of drug-likeness (QED) is 0.643. The zero-order chi connectivity index (χ0) is 16.7. The number of halogens is 2. The molecule has 5 nitrogen and oxygen atoms in total. The van der Waals surface area contributed by atoms with Crippen LogP contribution in [0.25, 0.3) is 0 Å². The normalized spacial score (nSPS) is 10.5. The fraction of sp³-hybridized carbons (Fsp3) is 0.0625. The Kier molecular flexibility index (Phi) is 6.14. The number of amides is 2. The molecule has 2 rings (SSSR count). The van der Waals surface area contributed by atoms with Gasteiger partial charge in [-0.05, 0) is 29.8 Å². The predicted octanol–water partition coefficient (Wildman–Crippen LogP) is 2.87. The number of nitrogens with zero attached hydrogens (tertiary/aromatic N) is 1. The summed E-state index contributed by atoms with van der Waals surface area (Å²) in [7, 11) is 0. The number of carbonyl (C=O) groups excluding carboxylic acids is 2. The molecule has 0 heterocycles. The summed E-state index contributed by atoms with van der Waals surface area (Å²) in [6, 6.07) is 13.5. The Morgan fingerprint density at radius 2 is 1.74 bits per heavy atom. The number of hydrazone groups is 1. The molecule has 2 N–H and O–H groups in total. The summed E-state index contributed by atoms with van der Waals surface area (Å²) in [5, 5.41) is 7.21. The van der Waals surface area contributed by atoms with Gasteiger partial charge in [0, 0.05) is 5.02 Å². The minimum Gasteiger partial charge on any atom is -0.343 e. The molecule has 0 atom stereocenters. The number of nitrogens with one attached hydrogen (secondary N) is 2. The highest BCUT2D eigenvalue weighted by Crippen LogP contribution is 2.14. The van der Waals surface area contributed by atoms with Crippen molar-refractivity contribution in [2.45, 2.75) is 0 Å². The lowest BCUT2D eigenvalue weighted by Crippen LogP contribution is -2.35. The molecule has 0 unspecified atom stereocenters. The second-order valence-electron chi connectivity index (χ2n) is 4.51. The highest BCUT2D eigenvalue weighted by atomic mass is 35.5. The van der Waals surface area contributed by atoms with Crippen molar-refractivity contribution in [1.29, 1.82) is 0 Å². The maximum Gasteiger partial charge on any atom is 0.259 e. The van der Waals surface area contributed by atoms with Crippen LogP contribution < -0.4 is 10.7 Å². The standard InChI is InChI=1S/C16H13Cl2N3O2/c17-12-7-5-11(6-8-12)9-20-21-15(22)10-19-16(23)13-3-1-2-4-14(13)18/h1-9H,10H2,(H,19,23)(H,21,22)/b20-9+. The van der Waals surface area contributed by atoms with E-state index in [1.165, 1.54) is 6.21 Å². The van der Waals surface area contributed by atoms with E-state index >= 15 is 0 Å². The minimum atomic E-state index is -0.449. The van der Waals surface area contributed by atoms with Crippen molar-refractivity contribution in [2.24, 2.45) is 5.10 Å². The van der Waals surface area contributed by atoms with Gasteiger partial charge in [-0.15, -0.1) is 0 Å². The predicted molar refractivity (Wildman–Crippen MR) is 91.0 cm³/mol. The van der Waals surface area contributed by atoms with Crippen molar-refractivity contribution < 1.29 is 9.59 Å². The van der Waals surface area contributed by atoms with Crippen molar-refractivity contribution in [2.75, 3.05) is 6.54 Å². The molecule has 2 aromatic rings. The van der Waals surface area contributed by atoms with Crippen molar-refractivity contribution in [3.8, 4) is 0 Å². The van der Waals surface area contributed by atoms with E-state index in [0.717, 1.165) is 5.56 Å². The van der Waals surface area contributed by atoms with Crippen LogP contribution in [0.15, 0.2) is 53.6 Å². The topological polar surface area (TPSA) is 70.6 Å². The van der Waals surface area contributed by atoms with Crippen molar-refractivity contribution in [3.63, 3.8) is 0 Å². The smallest absolute Gasteiger partial charge is 0.259 e. The second-order valence-corrected chi connectivity index (χ2v) is 5.35. The van der Waals surface area contributed by atoms with E-state index in [4.69, 9.17) is 23.2 Å².